The van der Waals surface area contributed by atoms with E-state index in [1.54, 1.807) is 12.1 Å². The molecule has 0 radical (unpaired) electrons. The summed E-state index contributed by atoms with van der Waals surface area (Å²) < 4.78 is 26.6. The van der Waals surface area contributed by atoms with Crippen LogP contribution in [0.4, 0.5) is 5.69 Å². The van der Waals surface area contributed by atoms with Crippen LogP contribution < -0.4 is 14.9 Å². The summed E-state index contributed by atoms with van der Waals surface area (Å²) in [5.74, 6) is 0. The predicted octanol–water partition coefficient (Wildman–Crippen LogP) is 1.17. The Kier molecular flexibility index (Phi) is 5.01. The molecule has 1 aromatic rings. The molecular weight excluding hydrogens is 274 g/mol. The van der Waals surface area contributed by atoms with Crippen molar-refractivity contribution >= 4 is 15.7 Å². The Labute approximate surface area is 121 Å². The Bertz CT molecular complexity index is 522. The van der Waals surface area contributed by atoms with Gasteiger partial charge in [-0.2, -0.15) is 0 Å². The minimum atomic E-state index is -3.36. The Morgan fingerprint density at radius 3 is 2.60 bits per heavy atom. The molecule has 1 saturated heterocycles. The molecule has 1 atom stereocenters. The van der Waals surface area contributed by atoms with Gasteiger partial charge in [-0.25, -0.2) is 13.1 Å². The van der Waals surface area contributed by atoms with Gasteiger partial charge in [0.2, 0.25) is 10.0 Å². The van der Waals surface area contributed by atoms with Gasteiger partial charge in [-0.3, -0.25) is 0 Å². The van der Waals surface area contributed by atoms with Gasteiger partial charge in [0.25, 0.3) is 0 Å². The molecule has 0 aromatic heterocycles. The van der Waals surface area contributed by atoms with E-state index in [1.807, 2.05) is 19.1 Å². The molecule has 0 bridgehead atoms. The highest BCUT2D eigenvalue weighted by atomic mass is 32.2. The van der Waals surface area contributed by atoms with Gasteiger partial charge in [0.15, 0.2) is 0 Å². The fourth-order valence-corrected chi connectivity index (χ4v) is 3.49. The van der Waals surface area contributed by atoms with Crippen LogP contribution >= 0.6 is 0 Å². The van der Waals surface area contributed by atoms with Crippen LogP contribution in [0.2, 0.25) is 0 Å². The number of benzene rings is 1. The molecule has 1 fully saturated rings. The summed E-state index contributed by atoms with van der Waals surface area (Å²) in [6.45, 7) is 4.44. The summed E-state index contributed by atoms with van der Waals surface area (Å²) in [5.41, 5.74) is 1.05. The zero-order chi connectivity index (χ0) is 14.6. The molecule has 112 valence electrons. The fraction of sp³-hybridized carbons (Fsp3) is 0.571. The van der Waals surface area contributed by atoms with E-state index < -0.39 is 10.0 Å². The lowest BCUT2D eigenvalue weighted by atomic mass is 10.2. The van der Waals surface area contributed by atoms with Crippen molar-refractivity contribution in [2.24, 2.45) is 0 Å². The second-order valence-electron chi connectivity index (χ2n) is 5.15. The first-order chi connectivity index (χ1) is 9.54. The van der Waals surface area contributed by atoms with Gasteiger partial charge in [-0.05, 0) is 43.7 Å². The van der Waals surface area contributed by atoms with Crippen molar-refractivity contribution in [1.29, 1.82) is 0 Å². The number of likely N-dealkylation sites (N-methyl/N-ethyl adjacent to an activating group) is 1. The van der Waals surface area contributed by atoms with Crippen LogP contribution in [-0.2, 0) is 10.0 Å². The number of nitrogens with one attached hydrogen (secondary N) is 2. The normalized spacial score (nSPS) is 19.2. The van der Waals surface area contributed by atoms with Crippen LogP contribution in [-0.4, -0.2) is 41.1 Å². The number of sulfonamides is 1. The van der Waals surface area contributed by atoms with Crippen LogP contribution in [0.5, 0.6) is 0 Å². The zero-order valence-electron chi connectivity index (χ0n) is 12.1. The van der Waals surface area contributed by atoms with E-state index in [-0.39, 0.29) is 0 Å². The topological polar surface area (TPSA) is 61.4 Å². The molecule has 1 unspecified atom stereocenters. The molecule has 2 rings (SSSR count). The van der Waals surface area contributed by atoms with Crippen LogP contribution in [0.15, 0.2) is 29.2 Å². The third-order valence-electron chi connectivity index (χ3n) is 3.68. The molecule has 0 amide bonds. The lowest BCUT2D eigenvalue weighted by molar-refractivity contribution is 0.581. The van der Waals surface area contributed by atoms with Gasteiger partial charge in [0, 0.05) is 31.9 Å². The van der Waals surface area contributed by atoms with Crippen molar-refractivity contribution in [1.82, 2.24) is 10.0 Å². The molecule has 2 N–H and O–H groups in total. The van der Waals surface area contributed by atoms with Crippen molar-refractivity contribution in [3.05, 3.63) is 24.3 Å². The molecule has 0 saturated carbocycles. The van der Waals surface area contributed by atoms with Gasteiger partial charge in [-0.1, -0.05) is 6.92 Å². The highest BCUT2D eigenvalue weighted by Gasteiger charge is 2.20. The number of hydrogen-bond acceptors (Lipinski definition) is 4. The van der Waals surface area contributed by atoms with Gasteiger partial charge in [-0.15, -0.1) is 0 Å². The Hall–Kier alpha value is -1.11. The summed E-state index contributed by atoms with van der Waals surface area (Å²) in [4.78, 5) is 2.53. The SMILES string of the molecule is CCCNS(=O)(=O)c1ccc(N(C)C2CCNC2)cc1. The largest absolute Gasteiger partial charge is 0.370 e. The first-order valence-corrected chi connectivity index (χ1v) is 8.56. The van der Waals surface area contributed by atoms with Crippen molar-refractivity contribution in [3.8, 4) is 0 Å². The fourth-order valence-electron chi connectivity index (χ4n) is 2.36. The van der Waals surface area contributed by atoms with Crippen LogP contribution in [0.3, 0.4) is 0 Å². The molecule has 1 aromatic carbocycles. The first kappa shape index (κ1) is 15.3. The van der Waals surface area contributed by atoms with Gasteiger partial charge >= 0.3 is 0 Å². The smallest absolute Gasteiger partial charge is 0.240 e. The molecular formula is C14H23N3O2S. The average molecular weight is 297 g/mol. The van der Waals surface area contributed by atoms with E-state index in [1.165, 1.54) is 0 Å². The van der Waals surface area contributed by atoms with Gasteiger partial charge < -0.3 is 10.2 Å². The minimum absolute atomic E-state index is 0.327. The van der Waals surface area contributed by atoms with E-state index >= 15 is 0 Å². The van der Waals surface area contributed by atoms with E-state index in [2.05, 4.69) is 22.0 Å². The van der Waals surface area contributed by atoms with Crippen molar-refractivity contribution in [2.45, 2.75) is 30.7 Å². The molecule has 1 heterocycles. The van der Waals surface area contributed by atoms with Gasteiger partial charge in [0.1, 0.15) is 0 Å². The van der Waals surface area contributed by atoms with E-state index in [0.717, 1.165) is 31.6 Å². The number of rotatable bonds is 6. The van der Waals surface area contributed by atoms with Crippen LogP contribution in [0.25, 0.3) is 0 Å². The van der Waals surface area contributed by atoms with Gasteiger partial charge in [0.05, 0.1) is 4.90 Å². The molecule has 6 heteroatoms. The summed E-state index contributed by atoms with van der Waals surface area (Å²) in [6.07, 6.45) is 1.91. The molecule has 1 aliphatic rings. The van der Waals surface area contributed by atoms with E-state index in [9.17, 15) is 8.42 Å². The summed E-state index contributed by atoms with van der Waals surface area (Å²) in [5, 5.41) is 3.33. The number of anilines is 1. The Morgan fingerprint density at radius 2 is 2.05 bits per heavy atom. The minimum Gasteiger partial charge on any atom is -0.370 e. The first-order valence-electron chi connectivity index (χ1n) is 7.08. The van der Waals surface area contributed by atoms with Crippen LogP contribution in [0.1, 0.15) is 19.8 Å². The monoisotopic (exact) mass is 297 g/mol. The molecule has 0 spiro atoms. The number of hydrogen-bond donors (Lipinski definition) is 2. The maximum atomic E-state index is 12.0. The third-order valence-corrected chi connectivity index (χ3v) is 5.16. The second kappa shape index (κ2) is 6.56. The zero-order valence-corrected chi connectivity index (χ0v) is 12.9. The lowest BCUT2D eigenvalue weighted by Crippen LogP contribution is -2.33. The van der Waals surface area contributed by atoms with E-state index in [4.69, 9.17) is 0 Å². The van der Waals surface area contributed by atoms with E-state index in [0.29, 0.717) is 17.5 Å². The lowest BCUT2D eigenvalue weighted by Gasteiger charge is -2.26. The Morgan fingerprint density at radius 1 is 1.35 bits per heavy atom. The highest BCUT2D eigenvalue weighted by molar-refractivity contribution is 7.89. The quantitative estimate of drug-likeness (QED) is 0.827. The van der Waals surface area contributed by atoms with Crippen molar-refractivity contribution < 1.29 is 8.42 Å². The average Bonchev–Trinajstić information content (AvgIpc) is 2.99. The Balaban J connectivity index is 2.09. The number of nitrogens with zero attached hydrogens (tertiary/aromatic N) is 1. The molecule has 1 aliphatic heterocycles. The summed E-state index contributed by atoms with van der Waals surface area (Å²) in [6, 6.07) is 7.58. The maximum absolute atomic E-state index is 12.0. The summed E-state index contributed by atoms with van der Waals surface area (Å²) in [7, 11) is -1.31. The van der Waals surface area contributed by atoms with Crippen molar-refractivity contribution in [3.63, 3.8) is 0 Å². The standard InChI is InChI=1S/C14H23N3O2S/c1-3-9-16-20(18,19)14-6-4-12(5-7-14)17(2)13-8-10-15-11-13/h4-7,13,15-16H,3,8-11H2,1-2H3. The molecule has 5 nitrogen and oxygen atoms in total. The predicted molar refractivity (Wildman–Crippen MR) is 81.6 cm³/mol. The van der Waals surface area contributed by atoms with Crippen LogP contribution in [0, 0.1) is 0 Å². The third kappa shape index (κ3) is 3.50. The highest BCUT2D eigenvalue weighted by Crippen LogP contribution is 2.20. The van der Waals surface area contributed by atoms with Crippen molar-refractivity contribution in [2.75, 3.05) is 31.6 Å². The summed E-state index contributed by atoms with van der Waals surface area (Å²) >= 11 is 0. The molecule has 0 aliphatic carbocycles. The maximum Gasteiger partial charge on any atom is 0.240 e. The molecule has 20 heavy (non-hydrogen) atoms. The second-order valence-corrected chi connectivity index (χ2v) is 6.92.